The molecule has 0 heterocycles. The maximum atomic E-state index is 12.0. The first-order chi connectivity index (χ1) is 7.76. The Kier molecular flexibility index (Phi) is 6.70. The van der Waals surface area contributed by atoms with E-state index < -0.39 is 20.8 Å². The number of rotatable bonds is 7. The van der Waals surface area contributed by atoms with E-state index in [1.54, 1.807) is 21.0 Å². The first kappa shape index (κ1) is 16.4. The average Bonchev–Trinajstić information content (AvgIpc) is 2.24. The zero-order valence-electron chi connectivity index (χ0n) is 11.4. The van der Waals surface area contributed by atoms with Crippen LogP contribution in [0.1, 0.15) is 27.2 Å². The number of hydrogen-bond donors (Lipinski definition) is 1. The van der Waals surface area contributed by atoms with Crippen LogP contribution in [0, 0.1) is 0 Å². The number of amides is 1. The highest BCUT2D eigenvalue weighted by atomic mass is 32.2. The summed E-state index contributed by atoms with van der Waals surface area (Å²) in [6, 6.07) is -0.0973. The molecule has 0 spiro atoms. The van der Waals surface area contributed by atoms with Crippen molar-refractivity contribution in [2.75, 3.05) is 26.4 Å². The molecule has 0 bridgehead atoms. The van der Waals surface area contributed by atoms with E-state index in [9.17, 15) is 13.2 Å². The Bertz CT molecular complexity index is 339. The smallest absolute Gasteiger partial charge is 0.237 e. The molecule has 0 saturated carbocycles. The molecule has 0 aromatic rings. The molecule has 0 aliphatic heterocycles. The van der Waals surface area contributed by atoms with Crippen LogP contribution in [0.15, 0.2) is 0 Å². The quantitative estimate of drug-likeness (QED) is 0.716. The van der Waals surface area contributed by atoms with Gasteiger partial charge in [0.15, 0.2) is 9.84 Å². The maximum Gasteiger partial charge on any atom is 0.237 e. The topological polar surface area (TPSA) is 66.5 Å². The van der Waals surface area contributed by atoms with Crippen LogP contribution in [0.4, 0.5) is 0 Å². The highest BCUT2D eigenvalue weighted by Crippen LogP contribution is 2.10. The van der Waals surface area contributed by atoms with Crippen LogP contribution in [0.5, 0.6) is 0 Å². The molecule has 17 heavy (non-hydrogen) atoms. The largest absolute Gasteiger partial charge is 0.348 e. The van der Waals surface area contributed by atoms with E-state index in [1.165, 1.54) is 4.90 Å². The molecule has 1 amide bonds. The highest BCUT2D eigenvalue weighted by molar-refractivity contribution is 7.92. The third-order valence-corrected chi connectivity index (χ3v) is 4.97. The van der Waals surface area contributed by atoms with E-state index >= 15 is 0 Å². The Hall–Kier alpha value is -0.620. The van der Waals surface area contributed by atoms with Gasteiger partial charge in [0.05, 0.1) is 5.25 Å². The number of carbonyl (C=O) groups is 1. The van der Waals surface area contributed by atoms with Gasteiger partial charge in [0.25, 0.3) is 0 Å². The van der Waals surface area contributed by atoms with Crippen molar-refractivity contribution >= 4 is 15.7 Å². The minimum absolute atomic E-state index is 0.0973. The summed E-state index contributed by atoms with van der Waals surface area (Å²) in [6.07, 6.45) is 0.727. The van der Waals surface area contributed by atoms with Crippen LogP contribution in [0.2, 0.25) is 0 Å². The molecule has 2 unspecified atom stereocenters. The summed E-state index contributed by atoms with van der Waals surface area (Å²) < 4.78 is 24.1. The third kappa shape index (κ3) is 5.04. The Labute approximate surface area is 104 Å². The molecule has 6 heteroatoms. The van der Waals surface area contributed by atoms with Gasteiger partial charge in [0.2, 0.25) is 5.91 Å². The van der Waals surface area contributed by atoms with Gasteiger partial charge in [0, 0.05) is 20.1 Å². The zero-order valence-corrected chi connectivity index (χ0v) is 12.2. The highest BCUT2D eigenvalue weighted by Gasteiger charge is 2.30. The fourth-order valence-corrected chi connectivity index (χ4v) is 3.24. The number of nitrogens with zero attached hydrogens (tertiary/aromatic N) is 1. The number of carbonyl (C=O) groups excluding carboxylic acids is 1. The summed E-state index contributed by atoms with van der Waals surface area (Å²) in [5, 5.41) is 2.59. The van der Waals surface area contributed by atoms with Gasteiger partial charge in [0.1, 0.15) is 5.75 Å². The first-order valence-electron chi connectivity index (χ1n) is 5.91. The molecule has 0 aromatic carbocycles. The Balaban J connectivity index is 4.74. The van der Waals surface area contributed by atoms with Crippen LogP contribution in [0.3, 0.4) is 0 Å². The molecule has 5 nitrogen and oxygen atoms in total. The second-order valence-corrected chi connectivity index (χ2v) is 6.73. The van der Waals surface area contributed by atoms with Gasteiger partial charge in [-0.1, -0.05) is 13.8 Å². The average molecular weight is 264 g/mol. The van der Waals surface area contributed by atoms with E-state index in [4.69, 9.17) is 0 Å². The number of hydrogen-bond acceptors (Lipinski definition) is 4. The SMILES string of the molecule is CCNC(CC)C(C)S(=O)(=O)CC(=O)N(C)C. The second-order valence-electron chi connectivity index (χ2n) is 4.37. The summed E-state index contributed by atoms with van der Waals surface area (Å²) in [4.78, 5) is 12.8. The van der Waals surface area contributed by atoms with E-state index in [-0.39, 0.29) is 11.9 Å². The van der Waals surface area contributed by atoms with Crippen molar-refractivity contribution in [2.24, 2.45) is 0 Å². The molecule has 1 N–H and O–H groups in total. The second kappa shape index (κ2) is 6.96. The van der Waals surface area contributed by atoms with Crippen molar-refractivity contribution in [3.05, 3.63) is 0 Å². The molecule has 0 rings (SSSR count). The van der Waals surface area contributed by atoms with Gasteiger partial charge >= 0.3 is 0 Å². The van der Waals surface area contributed by atoms with Crippen molar-refractivity contribution < 1.29 is 13.2 Å². The van der Waals surface area contributed by atoms with Crippen molar-refractivity contribution in [2.45, 2.75) is 38.5 Å². The predicted molar refractivity (Wildman–Crippen MR) is 69.7 cm³/mol. The number of nitrogens with one attached hydrogen (secondary N) is 1. The maximum absolute atomic E-state index is 12.0. The lowest BCUT2D eigenvalue weighted by molar-refractivity contribution is -0.125. The van der Waals surface area contributed by atoms with Gasteiger partial charge in [-0.2, -0.15) is 0 Å². The summed E-state index contributed by atoms with van der Waals surface area (Å²) in [7, 11) is -0.272. The molecule has 0 aromatic heterocycles. The fraction of sp³-hybridized carbons (Fsp3) is 0.909. The molecule has 0 radical (unpaired) electrons. The van der Waals surface area contributed by atoms with Gasteiger partial charge in [-0.3, -0.25) is 4.79 Å². The van der Waals surface area contributed by atoms with Gasteiger partial charge in [-0.05, 0) is 19.9 Å². The minimum Gasteiger partial charge on any atom is -0.348 e. The lowest BCUT2D eigenvalue weighted by Crippen LogP contribution is -2.45. The van der Waals surface area contributed by atoms with Gasteiger partial charge in [-0.15, -0.1) is 0 Å². The number of sulfone groups is 1. The van der Waals surface area contributed by atoms with Crippen molar-refractivity contribution in [1.82, 2.24) is 10.2 Å². The Morgan fingerprint density at radius 2 is 1.82 bits per heavy atom. The molecule has 0 aliphatic carbocycles. The Morgan fingerprint density at radius 1 is 1.29 bits per heavy atom. The van der Waals surface area contributed by atoms with Crippen molar-refractivity contribution in [3.8, 4) is 0 Å². The van der Waals surface area contributed by atoms with Crippen LogP contribution >= 0.6 is 0 Å². The molecular weight excluding hydrogens is 240 g/mol. The van der Waals surface area contributed by atoms with Crippen LogP contribution in [0.25, 0.3) is 0 Å². The normalized spacial score (nSPS) is 15.4. The fourth-order valence-electron chi connectivity index (χ4n) is 1.59. The zero-order chi connectivity index (χ0) is 13.6. The van der Waals surface area contributed by atoms with Crippen LogP contribution < -0.4 is 5.32 Å². The van der Waals surface area contributed by atoms with Gasteiger partial charge < -0.3 is 10.2 Å². The molecule has 102 valence electrons. The van der Waals surface area contributed by atoms with E-state index in [2.05, 4.69) is 5.32 Å². The summed E-state index contributed by atoms with van der Waals surface area (Å²) in [5.74, 6) is -0.786. The van der Waals surface area contributed by atoms with E-state index in [1.807, 2.05) is 13.8 Å². The Morgan fingerprint density at radius 3 is 2.18 bits per heavy atom. The summed E-state index contributed by atoms with van der Waals surface area (Å²) in [5.41, 5.74) is 0. The third-order valence-electron chi connectivity index (χ3n) is 2.86. The molecule has 0 saturated heterocycles. The summed E-state index contributed by atoms with van der Waals surface area (Å²) >= 11 is 0. The van der Waals surface area contributed by atoms with Crippen molar-refractivity contribution in [1.29, 1.82) is 0 Å². The van der Waals surface area contributed by atoms with E-state index in [0.717, 1.165) is 13.0 Å². The molecular formula is C11H24N2O3S. The molecule has 0 fully saturated rings. The standard InChI is InChI=1S/C11H24N2O3S/c1-6-10(12-7-2)9(3)17(15,16)8-11(14)13(4)5/h9-10,12H,6-8H2,1-5H3. The van der Waals surface area contributed by atoms with Crippen LogP contribution in [-0.2, 0) is 14.6 Å². The van der Waals surface area contributed by atoms with Crippen molar-refractivity contribution in [3.63, 3.8) is 0 Å². The first-order valence-corrected chi connectivity index (χ1v) is 7.62. The van der Waals surface area contributed by atoms with Crippen LogP contribution in [-0.4, -0.2) is 56.9 Å². The van der Waals surface area contributed by atoms with E-state index in [0.29, 0.717) is 0 Å². The molecule has 0 aliphatic rings. The monoisotopic (exact) mass is 264 g/mol. The van der Waals surface area contributed by atoms with Gasteiger partial charge in [-0.25, -0.2) is 8.42 Å². The summed E-state index contributed by atoms with van der Waals surface area (Å²) in [6.45, 7) is 6.26. The predicted octanol–water partition coefficient (Wildman–Crippen LogP) is 0.266. The minimum atomic E-state index is -3.39. The lowest BCUT2D eigenvalue weighted by Gasteiger charge is -2.23. The lowest BCUT2D eigenvalue weighted by atomic mass is 10.2. The molecule has 2 atom stereocenters.